The second-order valence-electron chi connectivity index (χ2n) is 5.20. The van der Waals surface area contributed by atoms with E-state index in [1.54, 1.807) is 11.0 Å². The van der Waals surface area contributed by atoms with Crippen molar-refractivity contribution >= 4 is 12.1 Å². The van der Waals surface area contributed by atoms with Crippen molar-refractivity contribution in [3.05, 3.63) is 12.2 Å². The van der Waals surface area contributed by atoms with E-state index in [2.05, 4.69) is 4.74 Å². The topological polar surface area (TPSA) is 65.1 Å². The second kappa shape index (κ2) is 6.56. The minimum absolute atomic E-state index is 0.317. The number of ether oxygens (including phenoxy) is 3. The Kier molecular flexibility index (Phi) is 5.35. The van der Waals surface area contributed by atoms with Crippen molar-refractivity contribution in [3.8, 4) is 0 Å². The number of morpholine rings is 1. The summed E-state index contributed by atoms with van der Waals surface area (Å²) in [5, 5.41) is 0. The largest absolute Gasteiger partial charge is 0.466 e. The summed E-state index contributed by atoms with van der Waals surface area (Å²) in [5.74, 6) is -0.463. The molecule has 1 aliphatic rings. The molecule has 1 atom stereocenters. The zero-order chi connectivity index (χ0) is 14.5. The van der Waals surface area contributed by atoms with Crippen LogP contribution in [0.5, 0.6) is 0 Å². The smallest absolute Gasteiger partial charge is 0.410 e. The Balaban J connectivity index is 2.69. The Morgan fingerprint density at radius 1 is 1.37 bits per heavy atom. The molecule has 0 spiro atoms. The average Bonchev–Trinajstić information content (AvgIpc) is 2.34. The first-order chi connectivity index (χ1) is 8.83. The average molecular weight is 271 g/mol. The van der Waals surface area contributed by atoms with Crippen LogP contribution in [0.3, 0.4) is 0 Å². The number of hydrogen-bond acceptors (Lipinski definition) is 5. The van der Waals surface area contributed by atoms with E-state index in [4.69, 9.17) is 9.47 Å². The minimum atomic E-state index is -0.550. The van der Waals surface area contributed by atoms with Crippen LogP contribution in [0.4, 0.5) is 4.79 Å². The highest BCUT2D eigenvalue weighted by atomic mass is 16.6. The van der Waals surface area contributed by atoms with Crippen LogP contribution in [0.2, 0.25) is 0 Å². The highest BCUT2D eigenvalue weighted by molar-refractivity contribution is 5.82. The summed E-state index contributed by atoms with van der Waals surface area (Å²) < 4.78 is 15.1. The Morgan fingerprint density at radius 3 is 2.63 bits per heavy atom. The number of methoxy groups -OCH3 is 1. The van der Waals surface area contributed by atoms with Crippen LogP contribution in [0.25, 0.3) is 0 Å². The van der Waals surface area contributed by atoms with Crippen LogP contribution in [0.15, 0.2) is 12.2 Å². The number of rotatable bonds is 2. The standard InChI is InChI=1S/C13H21NO5/c1-13(2,3)19-12(16)14-7-8-18-9-10(14)5-6-11(15)17-4/h5-6,10H,7-9H2,1-4H3/b6-5+. The van der Waals surface area contributed by atoms with E-state index >= 15 is 0 Å². The Morgan fingerprint density at radius 2 is 2.05 bits per heavy atom. The molecule has 0 aromatic heterocycles. The van der Waals surface area contributed by atoms with Gasteiger partial charge < -0.3 is 14.2 Å². The fourth-order valence-electron chi connectivity index (χ4n) is 1.59. The predicted molar refractivity (Wildman–Crippen MR) is 68.7 cm³/mol. The minimum Gasteiger partial charge on any atom is -0.466 e. The summed E-state index contributed by atoms with van der Waals surface area (Å²) >= 11 is 0. The van der Waals surface area contributed by atoms with Crippen molar-refractivity contribution in [2.45, 2.75) is 32.4 Å². The summed E-state index contributed by atoms with van der Waals surface area (Å²) in [7, 11) is 1.30. The molecule has 0 aliphatic carbocycles. The van der Waals surface area contributed by atoms with Crippen LogP contribution >= 0.6 is 0 Å². The third-order valence-corrected chi connectivity index (χ3v) is 2.45. The molecule has 1 unspecified atom stereocenters. The first-order valence-corrected chi connectivity index (χ1v) is 6.17. The van der Waals surface area contributed by atoms with E-state index in [0.717, 1.165) is 0 Å². The molecule has 1 aliphatic heterocycles. The summed E-state index contributed by atoms with van der Waals surface area (Å²) in [5.41, 5.74) is -0.550. The number of carbonyl (C=O) groups excluding carboxylic acids is 2. The first kappa shape index (κ1) is 15.5. The van der Waals surface area contributed by atoms with Crippen molar-refractivity contribution in [2.75, 3.05) is 26.9 Å². The van der Waals surface area contributed by atoms with Gasteiger partial charge in [-0.15, -0.1) is 0 Å². The zero-order valence-corrected chi connectivity index (χ0v) is 11.8. The first-order valence-electron chi connectivity index (χ1n) is 6.17. The lowest BCUT2D eigenvalue weighted by molar-refractivity contribution is -0.134. The normalized spacial score (nSPS) is 20.4. The van der Waals surface area contributed by atoms with Gasteiger partial charge in [-0.1, -0.05) is 6.08 Å². The number of carbonyl (C=O) groups is 2. The van der Waals surface area contributed by atoms with Gasteiger partial charge in [0, 0.05) is 12.6 Å². The van der Waals surface area contributed by atoms with E-state index in [9.17, 15) is 9.59 Å². The lowest BCUT2D eigenvalue weighted by Crippen LogP contribution is -2.49. The summed E-state index contributed by atoms with van der Waals surface area (Å²) in [6.45, 7) is 6.67. The van der Waals surface area contributed by atoms with Gasteiger partial charge >= 0.3 is 12.1 Å². The molecule has 0 aromatic carbocycles. The molecule has 1 fully saturated rings. The molecule has 0 radical (unpaired) electrons. The molecule has 6 heteroatoms. The second-order valence-corrected chi connectivity index (χ2v) is 5.20. The van der Waals surface area contributed by atoms with Crippen molar-refractivity contribution in [1.29, 1.82) is 0 Å². The van der Waals surface area contributed by atoms with Crippen LogP contribution < -0.4 is 0 Å². The lowest BCUT2D eigenvalue weighted by atomic mass is 10.2. The number of esters is 1. The SMILES string of the molecule is COC(=O)/C=C/C1COCCN1C(=O)OC(C)(C)C. The molecule has 1 heterocycles. The maximum atomic E-state index is 12.0. The highest BCUT2D eigenvalue weighted by Gasteiger charge is 2.29. The quantitative estimate of drug-likeness (QED) is 0.560. The summed E-state index contributed by atoms with van der Waals surface area (Å²) in [6, 6.07) is -0.317. The molecule has 0 N–H and O–H groups in total. The molecule has 19 heavy (non-hydrogen) atoms. The molecule has 0 saturated carbocycles. The van der Waals surface area contributed by atoms with E-state index < -0.39 is 17.7 Å². The monoisotopic (exact) mass is 271 g/mol. The molecule has 6 nitrogen and oxygen atoms in total. The van der Waals surface area contributed by atoms with Gasteiger partial charge in [0.1, 0.15) is 5.60 Å². The van der Waals surface area contributed by atoms with Gasteiger partial charge in [-0.25, -0.2) is 9.59 Å². The van der Waals surface area contributed by atoms with Crippen LogP contribution in [0.1, 0.15) is 20.8 Å². The maximum Gasteiger partial charge on any atom is 0.410 e. The maximum absolute atomic E-state index is 12.0. The van der Waals surface area contributed by atoms with Gasteiger partial charge in [0.05, 0.1) is 26.4 Å². The molecule has 0 aromatic rings. The van der Waals surface area contributed by atoms with Crippen molar-refractivity contribution in [1.82, 2.24) is 4.90 Å². The molecule has 1 rings (SSSR count). The van der Waals surface area contributed by atoms with E-state index in [-0.39, 0.29) is 6.04 Å². The molecule has 108 valence electrons. The van der Waals surface area contributed by atoms with Gasteiger partial charge in [0.2, 0.25) is 0 Å². The van der Waals surface area contributed by atoms with Gasteiger partial charge in [0.15, 0.2) is 0 Å². The highest BCUT2D eigenvalue weighted by Crippen LogP contribution is 2.15. The molecule has 1 amide bonds. The van der Waals surface area contributed by atoms with Gasteiger partial charge in [-0.3, -0.25) is 4.90 Å². The van der Waals surface area contributed by atoms with Crippen molar-refractivity contribution in [2.24, 2.45) is 0 Å². The predicted octanol–water partition coefficient (Wildman–Crippen LogP) is 1.35. The molecule has 0 bridgehead atoms. The Bertz CT molecular complexity index is 359. The van der Waals surface area contributed by atoms with Crippen molar-refractivity contribution in [3.63, 3.8) is 0 Å². The van der Waals surface area contributed by atoms with E-state index in [1.807, 2.05) is 20.8 Å². The molecule has 1 saturated heterocycles. The number of amides is 1. The van der Waals surface area contributed by atoms with E-state index in [1.165, 1.54) is 13.2 Å². The van der Waals surface area contributed by atoms with Crippen molar-refractivity contribution < 1.29 is 23.8 Å². The lowest BCUT2D eigenvalue weighted by Gasteiger charge is -2.35. The van der Waals surface area contributed by atoms with Gasteiger partial charge in [-0.05, 0) is 20.8 Å². The third kappa shape index (κ3) is 5.30. The van der Waals surface area contributed by atoms with Crippen LogP contribution in [-0.2, 0) is 19.0 Å². The Hall–Kier alpha value is -1.56. The van der Waals surface area contributed by atoms with Crippen LogP contribution in [0, 0.1) is 0 Å². The molecular formula is C13H21NO5. The Labute approximate surface area is 113 Å². The van der Waals surface area contributed by atoms with E-state index in [0.29, 0.717) is 19.8 Å². The number of hydrogen-bond donors (Lipinski definition) is 0. The third-order valence-electron chi connectivity index (χ3n) is 2.45. The fourth-order valence-corrected chi connectivity index (χ4v) is 1.59. The van der Waals surface area contributed by atoms with Gasteiger partial charge in [-0.2, -0.15) is 0 Å². The molecular weight excluding hydrogens is 250 g/mol. The van der Waals surface area contributed by atoms with Gasteiger partial charge in [0.25, 0.3) is 0 Å². The summed E-state index contributed by atoms with van der Waals surface area (Å²) in [4.78, 5) is 24.7. The van der Waals surface area contributed by atoms with Crippen LogP contribution in [-0.4, -0.2) is 55.5 Å². The fraction of sp³-hybridized carbons (Fsp3) is 0.692. The summed E-state index contributed by atoms with van der Waals surface area (Å²) in [6.07, 6.45) is 2.47. The number of nitrogens with zero attached hydrogens (tertiary/aromatic N) is 1. The zero-order valence-electron chi connectivity index (χ0n) is 11.8.